The first-order chi connectivity index (χ1) is 10.6. The standard InChI is InChI=1S/C15H8F6O2/c1-7(22)8-2-5-12(11(17)6-8)23-15(20,21)9-3-4-10(16)14(19)13(9)18/h2-6H,1H3. The number of carbonyl (C=O) groups excluding carboxylic acids is 1. The van der Waals surface area contributed by atoms with Crippen molar-refractivity contribution in [2.24, 2.45) is 0 Å². The van der Waals surface area contributed by atoms with Gasteiger partial charge in [-0.05, 0) is 37.3 Å². The predicted octanol–water partition coefficient (Wildman–Crippen LogP) is 4.57. The van der Waals surface area contributed by atoms with Crippen LogP contribution in [0.2, 0.25) is 0 Å². The van der Waals surface area contributed by atoms with Crippen LogP contribution in [0.1, 0.15) is 22.8 Å². The third-order valence-corrected chi connectivity index (χ3v) is 2.93. The molecule has 0 saturated heterocycles. The molecule has 0 bridgehead atoms. The highest BCUT2D eigenvalue weighted by molar-refractivity contribution is 5.94. The maximum absolute atomic E-state index is 13.9. The van der Waals surface area contributed by atoms with Gasteiger partial charge in [0.25, 0.3) is 0 Å². The minimum Gasteiger partial charge on any atom is -0.426 e. The second kappa shape index (κ2) is 5.94. The summed E-state index contributed by atoms with van der Waals surface area (Å²) in [4.78, 5) is 11.0. The number of rotatable bonds is 4. The van der Waals surface area contributed by atoms with Crippen molar-refractivity contribution in [2.45, 2.75) is 13.0 Å². The summed E-state index contributed by atoms with van der Waals surface area (Å²) in [7, 11) is 0. The van der Waals surface area contributed by atoms with Crippen LogP contribution in [0.4, 0.5) is 26.3 Å². The third-order valence-electron chi connectivity index (χ3n) is 2.93. The molecule has 2 nitrogen and oxygen atoms in total. The molecule has 8 heteroatoms. The Morgan fingerprint density at radius 1 is 0.957 bits per heavy atom. The van der Waals surface area contributed by atoms with Crippen molar-refractivity contribution in [1.82, 2.24) is 0 Å². The van der Waals surface area contributed by atoms with Gasteiger partial charge >= 0.3 is 6.11 Å². The predicted molar refractivity (Wildman–Crippen MR) is 67.2 cm³/mol. The van der Waals surface area contributed by atoms with E-state index in [0.29, 0.717) is 12.1 Å². The second-order valence-electron chi connectivity index (χ2n) is 4.54. The average Bonchev–Trinajstić information content (AvgIpc) is 2.46. The highest BCUT2D eigenvalue weighted by Crippen LogP contribution is 2.35. The molecule has 2 aromatic rings. The molecule has 0 N–H and O–H groups in total. The van der Waals surface area contributed by atoms with Gasteiger partial charge in [0, 0.05) is 5.56 Å². The summed E-state index contributed by atoms with van der Waals surface area (Å²) in [6.45, 7) is 1.14. The van der Waals surface area contributed by atoms with Crippen LogP contribution in [0.5, 0.6) is 5.75 Å². The molecule has 122 valence electrons. The summed E-state index contributed by atoms with van der Waals surface area (Å²) in [5.74, 6) is -8.67. The molecule has 0 aliphatic rings. The van der Waals surface area contributed by atoms with Gasteiger partial charge in [-0.1, -0.05) is 0 Å². The van der Waals surface area contributed by atoms with Gasteiger partial charge in [0.2, 0.25) is 0 Å². The first-order valence-electron chi connectivity index (χ1n) is 6.14. The number of ether oxygens (including phenoxy) is 1. The highest BCUT2D eigenvalue weighted by atomic mass is 19.3. The summed E-state index contributed by atoms with van der Waals surface area (Å²) < 4.78 is 84.7. The number of hydrogen-bond donors (Lipinski definition) is 0. The zero-order chi connectivity index (χ0) is 17.4. The van der Waals surface area contributed by atoms with Gasteiger partial charge in [-0.15, -0.1) is 0 Å². The van der Waals surface area contributed by atoms with E-state index in [1.54, 1.807) is 0 Å². The van der Waals surface area contributed by atoms with E-state index < -0.39 is 46.5 Å². The first kappa shape index (κ1) is 16.9. The van der Waals surface area contributed by atoms with E-state index in [4.69, 9.17) is 0 Å². The van der Waals surface area contributed by atoms with Gasteiger partial charge in [0.1, 0.15) is 5.56 Å². The lowest BCUT2D eigenvalue weighted by Crippen LogP contribution is -2.24. The fraction of sp³-hybridized carbons (Fsp3) is 0.133. The Labute approximate surface area is 126 Å². The molecule has 23 heavy (non-hydrogen) atoms. The molecule has 0 atom stereocenters. The van der Waals surface area contributed by atoms with Crippen molar-refractivity contribution in [3.05, 3.63) is 64.7 Å². The Hall–Kier alpha value is -2.51. The molecular weight excluding hydrogens is 326 g/mol. The Kier molecular flexibility index (Phi) is 4.35. The fourth-order valence-electron chi connectivity index (χ4n) is 1.75. The smallest absolute Gasteiger partial charge is 0.426 e. The Morgan fingerprint density at radius 3 is 2.17 bits per heavy atom. The van der Waals surface area contributed by atoms with Crippen molar-refractivity contribution in [2.75, 3.05) is 0 Å². The van der Waals surface area contributed by atoms with Crippen molar-refractivity contribution in [3.8, 4) is 5.75 Å². The summed E-state index contributed by atoms with van der Waals surface area (Å²) in [6.07, 6.45) is -4.46. The lowest BCUT2D eigenvalue weighted by Gasteiger charge is -2.19. The molecular formula is C15H8F6O2. The maximum Gasteiger partial charge on any atom is 0.429 e. The molecule has 0 fully saturated rings. The van der Waals surface area contributed by atoms with Gasteiger partial charge in [-0.3, -0.25) is 4.79 Å². The van der Waals surface area contributed by atoms with E-state index in [2.05, 4.69) is 4.74 Å². The summed E-state index contributed by atoms with van der Waals surface area (Å²) in [6, 6.07) is 3.02. The summed E-state index contributed by atoms with van der Waals surface area (Å²) >= 11 is 0. The van der Waals surface area contributed by atoms with Crippen LogP contribution < -0.4 is 4.74 Å². The molecule has 2 aromatic carbocycles. The Morgan fingerprint density at radius 2 is 1.61 bits per heavy atom. The topological polar surface area (TPSA) is 26.3 Å². The van der Waals surface area contributed by atoms with E-state index in [1.165, 1.54) is 0 Å². The molecule has 0 aromatic heterocycles. The number of benzene rings is 2. The SMILES string of the molecule is CC(=O)c1ccc(OC(F)(F)c2ccc(F)c(F)c2F)c(F)c1. The van der Waals surface area contributed by atoms with Crippen LogP contribution in [0, 0.1) is 23.3 Å². The minimum absolute atomic E-state index is 0.0860. The van der Waals surface area contributed by atoms with Crippen molar-refractivity contribution < 1.29 is 35.9 Å². The zero-order valence-corrected chi connectivity index (χ0v) is 11.5. The van der Waals surface area contributed by atoms with Gasteiger partial charge in [0.15, 0.2) is 34.8 Å². The third kappa shape index (κ3) is 3.30. The summed E-state index contributed by atoms with van der Waals surface area (Å²) in [5, 5.41) is 0. The molecule has 0 spiro atoms. The highest BCUT2D eigenvalue weighted by Gasteiger charge is 2.40. The Bertz CT molecular complexity index is 773. The lowest BCUT2D eigenvalue weighted by molar-refractivity contribution is -0.189. The quantitative estimate of drug-likeness (QED) is 0.465. The molecule has 2 rings (SSSR count). The molecule has 0 saturated carbocycles. The zero-order valence-electron chi connectivity index (χ0n) is 11.5. The van der Waals surface area contributed by atoms with Crippen LogP contribution in [-0.4, -0.2) is 5.78 Å². The summed E-state index contributed by atoms with van der Waals surface area (Å²) in [5.41, 5.74) is -1.68. The van der Waals surface area contributed by atoms with E-state index in [0.717, 1.165) is 19.1 Å². The minimum atomic E-state index is -4.46. The molecule has 0 heterocycles. The molecule has 0 amide bonds. The number of Topliss-reactive ketones (excluding diaryl/α,β-unsaturated/α-hetero) is 1. The number of ketones is 1. The van der Waals surface area contributed by atoms with E-state index >= 15 is 0 Å². The number of alkyl halides is 2. The van der Waals surface area contributed by atoms with Crippen LogP contribution >= 0.6 is 0 Å². The van der Waals surface area contributed by atoms with Crippen LogP contribution in [0.3, 0.4) is 0 Å². The fourth-order valence-corrected chi connectivity index (χ4v) is 1.75. The van der Waals surface area contributed by atoms with E-state index in [-0.39, 0.29) is 11.6 Å². The molecule has 0 aliphatic heterocycles. The largest absolute Gasteiger partial charge is 0.429 e. The van der Waals surface area contributed by atoms with Gasteiger partial charge < -0.3 is 4.74 Å². The van der Waals surface area contributed by atoms with Crippen molar-refractivity contribution >= 4 is 5.78 Å². The average molecular weight is 334 g/mol. The first-order valence-corrected chi connectivity index (χ1v) is 6.14. The number of hydrogen-bond acceptors (Lipinski definition) is 2. The molecule has 0 radical (unpaired) electrons. The van der Waals surface area contributed by atoms with Crippen molar-refractivity contribution in [3.63, 3.8) is 0 Å². The van der Waals surface area contributed by atoms with E-state index in [9.17, 15) is 31.1 Å². The Balaban J connectivity index is 2.39. The van der Waals surface area contributed by atoms with Crippen LogP contribution in [-0.2, 0) is 6.11 Å². The maximum atomic E-state index is 13.9. The van der Waals surface area contributed by atoms with E-state index in [1.807, 2.05) is 0 Å². The second-order valence-corrected chi connectivity index (χ2v) is 4.54. The van der Waals surface area contributed by atoms with Crippen LogP contribution in [0.15, 0.2) is 30.3 Å². The normalized spacial score (nSPS) is 11.4. The molecule has 0 unspecified atom stereocenters. The molecule has 0 aliphatic carbocycles. The number of halogens is 6. The van der Waals surface area contributed by atoms with Crippen LogP contribution in [0.25, 0.3) is 0 Å². The van der Waals surface area contributed by atoms with Gasteiger partial charge in [0.05, 0.1) is 0 Å². The van der Waals surface area contributed by atoms with Crippen molar-refractivity contribution in [1.29, 1.82) is 0 Å². The van der Waals surface area contributed by atoms with Gasteiger partial charge in [-0.25, -0.2) is 17.6 Å². The monoisotopic (exact) mass is 334 g/mol. The lowest BCUT2D eigenvalue weighted by atomic mass is 10.1. The number of carbonyl (C=O) groups is 1. The van der Waals surface area contributed by atoms with Gasteiger partial charge in [-0.2, -0.15) is 8.78 Å².